The molecule has 130 valence electrons. The third kappa shape index (κ3) is 4.15. The van der Waals surface area contributed by atoms with Crippen LogP contribution < -0.4 is 5.32 Å². The molecule has 1 unspecified atom stereocenters. The highest BCUT2D eigenvalue weighted by Crippen LogP contribution is 2.25. The molecule has 0 spiro atoms. The van der Waals surface area contributed by atoms with Crippen LogP contribution in [0.1, 0.15) is 44.1 Å². The molecule has 5 heteroatoms. The normalized spacial score (nSPS) is 22.5. The number of morpholine rings is 1. The highest BCUT2D eigenvalue weighted by atomic mass is 16.5. The fraction of sp³-hybridized carbons (Fsp3) is 0.579. The van der Waals surface area contributed by atoms with E-state index in [9.17, 15) is 9.59 Å². The molecule has 1 atom stereocenters. The van der Waals surface area contributed by atoms with Gasteiger partial charge < -0.3 is 15.0 Å². The van der Waals surface area contributed by atoms with Gasteiger partial charge in [-0.05, 0) is 31.9 Å². The third-order valence-electron chi connectivity index (χ3n) is 4.93. The van der Waals surface area contributed by atoms with Gasteiger partial charge in [-0.1, -0.05) is 37.0 Å². The zero-order valence-electron chi connectivity index (χ0n) is 14.3. The van der Waals surface area contributed by atoms with Crippen molar-refractivity contribution in [2.75, 3.05) is 18.5 Å². The standard InChI is InChI=1S/C19H26N2O3/c1-14-7-9-15(10-8-14)20-18(22)13-17-19(23)21(11-12-24-17)16-5-3-2-4-6-16/h7-10,16-17H,2-6,11-13H2,1H3,(H,20,22). The Hall–Kier alpha value is -1.88. The average molecular weight is 330 g/mol. The Morgan fingerprint density at radius 1 is 1.21 bits per heavy atom. The second-order valence-electron chi connectivity index (χ2n) is 6.80. The van der Waals surface area contributed by atoms with Crippen molar-refractivity contribution in [2.45, 2.75) is 57.6 Å². The monoisotopic (exact) mass is 330 g/mol. The maximum Gasteiger partial charge on any atom is 0.252 e. The van der Waals surface area contributed by atoms with Crippen LogP contribution in [0.3, 0.4) is 0 Å². The van der Waals surface area contributed by atoms with Crippen LogP contribution in [0.25, 0.3) is 0 Å². The molecule has 1 aliphatic carbocycles. The first-order valence-corrected chi connectivity index (χ1v) is 8.92. The van der Waals surface area contributed by atoms with Gasteiger partial charge in [-0.2, -0.15) is 0 Å². The average Bonchev–Trinajstić information content (AvgIpc) is 2.59. The molecule has 24 heavy (non-hydrogen) atoms. The molecule has 2 aliphatic rings. The number of aryl methyl sites for hydroxylation is 1. The van der Waals surface area contributed by atoms with Gasteiger partial charge in [0.1, 0.15) is 6.10 Å². The molecule has 1 heterocycles. The first-order chi connectivity index (χ1) is 11.6. The lowest BCUT2D eigenvalue weighted by Gasteiger charge is -2.39. The predicted molar refractivity (Wildman–Crippen MR) is 92.8 cm³/mol. The first-order valence-electron chi connectivity index (χ1n) is 8.92. The van der Waals surface area contributed by atoms with Gasteiger partial charge in [-0.25, -0.2) is 0 Å². The van der Waals surface area contributed by atoms with Gasteiger partial charge in [0.05, 0.1) is 13.0 Å². The molecule has 1 saturated heterocycles. The number of hydrogen-bond donors (Lipinski definition) is 1. The number of carbonyl (C=O) groups excluding carboxylic acids is 2. The molecule has 3 rings (SSSR count). The summed E-state index contributed by atoms with van der Waals surface area (Å²) in [5, 5.41) is 2.84. The van der Waals surface area contributed by atoms with E-state index in [0.29, 0.717) is 19.2 Å². The van der Waals surface area contributed by atoms with Crippen LogP contribution in [-0.2, 0) is 14.3 Å². The summed E-state index contributed by atoms with van der Waals surface area (Å²) in [7, 11) is 0. The van der Waals surface area contributed by atoms with E-state index in [1.807, 2.05) is 36.1 Å². The van der Waals surface area contributed by atoms with Crippen LogP contribution in [0.15, 0.2) is 24.3 Å². The molecule has 2 fully saturated rings. The van der Waals surface area contributed by atoms with E-state index in [1.165, 1.54) is 19.3 Å². The van der Waals surface area contributed by atoms with Crippen molar-refractivity contribution < 1.29 is 14.3 Å². The molecule has 2 amide bonds. The van der Waals surface area contributed by atoms with Crippen molar-refractivity contribution in [3.05, 3.63) is 29.8 Å². The number of benzene rings is 1. The second kappa shape index (κ2) is 7.79. The zero-order chi connectivity index (χ0) is 16.9. The van der Waals surface area contributed by atoms with Crippen LogP contribution in [0.2, 0.25) is 0 Å². The van der Waals surface area contributed by atoms with Crippen LogP contribution in [0.4, 0.5) is 5.69 Å². The Morgan fingerprint density at radius 2 is 1.92 bits per heavy atom. The highest BCUT2D eigenvalue weighted by molar-refractivity contribution is 5.95. The molecule has 1 saturated carbocycles. The van der Waals surface area contributed by atoms with Gasteiger partial charge >= 0.3 is 0 Å². The summed E-state index contributed by atoms with van der Waals surface area (Å²) < 4.78 is 5.59. The van der Waals surface area contributed by atoms with Crippen LogP contribution in [0.5, 0.6) is 0 Å². The Morgan fingerprint density at radius 3 is 2.62 bits per heavy atom. The van der Waals surface area contributed by atoms with Gasteiger partial charge in [0.15, 0.2) is 0 Å². The molecule has 1 aromatic rings. The number of hydrogen-bond acceptors (Lipinski definition) is 3. The quantitative estimate of drug-likeness (QED) is 0.923. The summed E-state index contributed by atoms with van der Waals surface area (Å²) in [6.45, 7) is 3.17. The van der Waals surface area contributed by atoms with Crippen LogP contribution >= 0.6 is 0 Å². The summed E-state index contributed by atoms with van der Waals surface area (Å²) >= 11 is 0. The van der Waals surface area contributed by atoms with Crippen LogP contribution in [-0.4, -0.2) is 42.0 Å². The fourth-order valence-electron chi connectivity index (χ4n) is 3.58. The minimum Gasteiger partial charge on any atom is -0.366 e. The Bertz CT molecular complexity index is 579. The Labute approximate surface area is 143 Å². The Balaban J connectivity index is 1.56. The summed E-state index contributed by atoms with van der Waals surface area (Å²) in [5.74, 6) is -0.199. The molecule has 0 bridgehead atoms. The lowest BCUT2D eigenvalue weighted by molar-refractivity contribution is -0.159. The van der Waals surface area contributed by atoms with Crippen molar-refractivity contribution >= 4 is 17.5 Å². The number of nitrogens with one attached hydrogen (secondary N) is 1. The lowest BCUT2D eigenvalue weighted by atomic mass is 9.93. The van der Waals surface area contributed by atoms with E-state index in [2.05, 4.69) is 5.32 Å². The summed E-state index contributed by atoms with van der Waals surface area (Å²) in [5.41, 5.74) is 1.89. The first kappa shape index (κ1) is 17.0. The predicted octanol–water partition coefficient (Wildman–Crippen LogP) is 2.88. The largest absolute Gasteiger partial charge is 0.366 e. The number of amides is 2. The van der Waals surface area contributed by atoms with Gasteiger partial charge in [-0.3, -0.25) is 9.59 Å². The maximum absolute atomic E-state index is 12.7. The molecule has 0 aromatic heterocycles. The number of nitrogens with zero attached hydrogens (tertiary/aromatic N) is 1. The van der Waals surface area contributed by atoms with E-state index in [4.69, 9.17) is 4.74 Å². The lowest BCUT2D eigenvalue weighted by Crippen LogP contribution is -2.53. The highest BCUT2D eigenvalue weighted by Gasteiger charge is 2.35. The van der Waals surface area contributed by atoms with Crippen LogP contribution in [0, 0.1) is 6.92 Å². The third-order valence-corrected chi connectivity index (χ3v) is 4.93. The smallest absolute Gasteiger partial charge is 0.252 e. The van der Waals surface area contributed by atoms with Crippen molar-refractivity contribution in [1.82, 2.24) is 4.90 Å². The fourth-order valence-corrected chi connectivity index (χ4v) is 3.58. The zero-order valence-corrected chi connectivity index (χ0v) is 14.3. The van der Waals surface area contributed by atoms with Gasteiger partial charge in [0.2, 0.25) is 5.91 Å². The van der Waals surface area contributed by atoms with E-state index < -0.39 is 6.10 Å². The van der Waals surface area contributed by atoms with Gasteiger partial charge in [0, 0.05) is 18.3 Å². The summed E-state index contributed by atoms with van der Waals surface area (Å²) in [6.07, 6.45) is 5.23. The van der Waals surface area contributed by atoms with E-state index in [-0.39, 0.29) is 18.2 Å². The molecular weight excluding hydrogens is 304 g/mol. The van der Waals surface area contributed by atoms with E-state index in [1.54, 1.807) is 0 Å². The minimum absolute atomic E-state index is 0.0211. The maximum atomic E-state index is 12.7. The minimum atomic E-state index is -0.647. The molecule has 5 nitrogen and oxygen atoms in total. The number of ether oxygens (including phenoxy) is 1. The number of rotatable bonds is 4. The van der Waals surface area contributed by atoms with Gasteiger partial charge in [-0.15, -0.1) is 0 Å². The number of carbonyl (C=O) groups is 2. The van der Waals surface area contributed by atoms with Crippen molar-refractivity contribution in [1.29, 1.82) is 0 Å². The van der Waals surface area contributed by atoms with Gasteiger partial charge in [0.25, 0.3) is 5.91 Å². The summed E-state index contributed by atoms with van der Waals surface area (Å²) in [4.78, 5) is 26.9. The molecule has 1 aliphatic heterocycles. The molecule has 1 N–H and O–H groups in total. The van der Waals surface area contributed by atoms with Crippen molar-refractivity contribution in [3.63, 3.8) is 0 Å². The van der Waals surface area contributed by atoms with Crippen molar-refractivity contribution in [3.8, 4) is 0 Å². The van der Waals surface area contributed by atoms with E-state index in [0.717, 1.165) is 24.1 Å². The topological polar surface area (TPSA) is 58.6 Å². The molecular formula is C19H26N2O3. The van der Waals surface area contributed by atoms with E-state index >= 15 is 0 Å². The number of anilines is 1. The second-order valence-corrected chi connectivity index (χ2v) is 6.80. The molecule has 1 aromatic carbocycles. The Kier molecular flexibility index (Phi) is 5.51. The SMILES string of the molecule is Cc1ccc(NC(=O)CC2OCCN(C3CCCCC3)C2=O)cc1. The molecule has 0 radical (unpaired) electrons. The van der Waals surface area contributed by atoms with Crippen molar-refractivity contribution in [2.24, 2.45) is 0 Å². The summed E-state index contributed by atoms with van der Waals surface area (Å²) in [6, 6.07) is 7.96.